The van der Waals surface area contributed by atoms with Crippen LogP contribution in [0.4, 0.5) is 5.69 Å². The molecule has 1 aliphatic carbocycles. The summed E-state index contributed by atoms with van der Waals surface area (Å²) < 4.78 is 12.1. The Bertz CT molecular complexity index is 975. The van der Waals surface area contributed by atoms with E-state index in [4.69, 9.17) is 9.15 Å². The van der Waals surface area contributed by atoms with Crippen molar-refractivity contribution in [3.8, 4) is 0 Å². The van der Waals surface area contributed by atoms with Gasteiger partial charge in [-0.3, -0.25) is 4.79 Å². The lowest BCUT2D eigenvalue weighted by molar-refractivity contribution is -0.939. The van der Waals surface area contributed by atoms with Crippen LogP contribution >= 0.6 is 0 Å². The molecule has 0 spiro atoms. The Balaban J connectivity index is 0.00000274. The van der Waals surface area contributed by atoms with Crippen molar-refractivity contribution >= 4 is 17.6 Å². The van der Waals surface area contributed by atoms with Crippen LogP contribution in [0, 0.1) is 11.8 Å². The molecule has 4 fully saturated rings. The summed E-state index contributed by atoms with van der Waals surface area (Å²) in [5.41, 5.74) is -1.20. The topological polar surface area (TPSA) is 115 Å². The zero-order valence-electron chi connectivity index (χ0n) is 19.1. The monoisotopic (exact) mass is 534 g/mol. The van der Waals surface area contributed by atoms with Gasteiger partial charge in [-0.2, -0.15) is 0 Å². The number of ether oxygens (including phenoxy) is 1. The van der Waals surface area contributed by atoms with Crippen LogP contribution in [0.25, 0.3) is 0 Å². The lowest BCUT2D eigenvalue weighted by Gasteiger charge is -2.51. The highest BCUT2D eigenvalue weighted by molar-refractivity contribution is 5.91. The average molecular weight is 535 g/mol. The molecule has 2 aromatic heterocycles. The number of aliphatic hydroxyl groups is 1. The molecule has 34 heavy (non-hydrogen) atoms. The Morgan fingerprint density at radius 3 is 2.53 bits per heavy atom. The molecule has 1 saturated carbocycles. The molecule has 184 valence electrons. The summed E-state index contributed by atoms with van der Waals surface area (Å²) in [7, 11) is 0. The zero-order valence-corrected chi connectivity index (χ0v) is 20.7. The number of esters is 1. The first-order valence-corrected chi connectivity index (χ1v) is 11.9. The van der Waals surface area contributed by atoms with Crippen molar-refractivity contribution in [2.75, 3.05) is 31.5 Å². The standard InChI is InChI=1S/C24H30N4O5.BrH/c29-22(27-19-12-25-16-26-13-19)15-28-9-7-17(8-10-28)20(14-28)33-23(30)24(31,18-4-1-2-5-18)21-6-3-11-32-21;/h3,6,11-13,16-18,20,31H,1-2,4-5,7-10,14-15H2;1H/t17?,20-,24?,28?;/m0./s1. The van der Waals surface area contributed by atoms with E-state index in [1.807, 2.05) is 0 Å². The van der Waals surface area contributed by atoms with E-state index in [0.717, 1.165) is 51.6 Å². The highest BCUT2D eigenvalue weighted by atomic mass is 79.9. The van der Waals surface area contributed by atoms with Crippen LogP contribution in [0.1, 0.15) is 44.3 Å². The number of carbonyl (C=O) groups excluding carboxylic acids is 2. The summed E-state index contributed by atoms with van der Waals surface area (Å²) in [6.45, 7) is 2.64. The fourth-order valence-electron chi connectivity index (χ4n) is 5.98. The maximum atomic E-state index is 13.4. The SMILES string of the molecule is O=C(C[N+]12CCC(CC1)[C@@H](OC(=O)C(O)(c1ccco1)C1CCCC1)C2)Nc1cncnc1.[Br-]. The second-order valence-corrected chi connectivity index (χ2v) is 9.81. The van der Waals surface area contributed by atoms with E-state index < -0.39 is 11.6 Å². The first-order valence-electron chi connectivity index (χ1n) is 11.9. The number of rotatable bonds is 7. The predicted molar refractivity (Wildman–Crippen MR) is 118 cm³/mol. The van der Waals surface area contributed by atoms with Gasteiger partial charge in [-0.05, 0) is 25.0 Å². The number of furan rings is 1. The summed E-state index contributed by atoms with van der Waals surface area (Å²) in [6, 6.07) is 3.34. The number of piperidine rings is 3. The van der Waals surface area contributed by atoms with Gasteiger partial charge in [-0.25, -0.2) is 14.8 Å². The molecular formula is C24H31BrN4O5. The second-order valence-electron chi connectivity index (χ2n) is 9.81. The van der Waals surface area contributed by atoms with E-state index in [1.165, 1.54) is 12.6 Å². The minimum Gasteiger partial charge on any atom is -1.00 e. The highest BCUT2D eigenvalue weighted by Crippen LogP contribution is 2.43. The number of nitrogens with one attached hydrogen (secondary N) is 1. The van der Waals surface area contributed by atoms with Gasteiger partial charge in [-0.1, -0.05) is 12.8 Å². The first-order chi connectivity index (χ1) is 16.0. The smallest absolute Gasteiger partial charge is 0.346 e. The number of quaternary nitrogens is 1. The third kappa shape index (κ3) is 4.76. The lowest BCUT2D eigenvalue weighted by atomic mass is 9.81. The lowest BCUT2D eigenvalue weighted by Crippen LogP contribution is -3.00. The Morgan fingerprint density at radius 2 is 1.88 bits per heavy atom. The van der Waals surface area contributed by atoms with Crippen LogP contribution in [0.2, 0.25) is 0 Å². The maximum absolute atomic E-state index is 13.4. The number of aromatic nitrogens is 2. The largest absolute Gasteiger partial charge is 1.00 e. The van der Waals surface area contributed by atoms with E-state index in [2.05, 4.69) is 15.3 Å². The molecule has 3 saturated heterocycles. The maximum Gasteiger partial charge on any atom is 0.346 e. The van der Waals surface area contributed by atoms with Crippen molar-refractivity contribution in [3.05, 3.63) is 42.9 Å². The molecule has 2 aromatic rings. The van der Waals surface area contributed by atoms with Gasteiger partial charge >= 0.3 is 5.97 Å². The Labute approximate surface area is 209 Å². The summed E-state index contributed by atoms with van der Waals surface area (Å²) >= 11 is 0. The minimum atomic E-state index is -1.76. The third-order valence-corrected chi connectivity index (χ3v) is 7.78. The van der Waals surface area contributed by atoms with E-state index in [1.54, 1.807) is 24.5 Å². The van der Waals surface area contributed by atoms with Gasteiger partial charge in [0.1, 0.15) is 18.6 Å². The molecule has 0 aromatic carbocycles. The molecule has 1 amide bonds. The number of amides is 1. The molecular weight excluding hydrogens is 504 g/mol. The zero-order chi connectivity index (χ0) is 22.9. The fourth-order valence-corrected chi connectivity index (χ4v) is 5.98. The average Bonchev–Trinajstić information content (AvgIpc) is 3.54. The molecule has 9 nitrogen and oxygen atoms in total. The van der Waals surface area contributed by atoms with Gasteiger partial charge in [0.05, 0.1) is 37.4 Å². The van der Waals surface area contributed by atoms with Crippen LogP contribution in [0.3, 0.4) is 0 Å². The van der Waals surface area contributed by atoms with Crippen LogP contribution in [0.5, 0.6) is 0 Å². The molecule has 2 atom stereocenters. The minimum absolute atomic E-state index is 0. The number of anilines is 1. The van der Waals surface area contributed by atoms with Gasteiger partial charge in [-0.15, -0.1) is 0 Å². The van der Waals surface area contributed by atoms with Crippen LogP contribution in [0.15, 0.2) is 41.5 Å². The number of nitrogens with zero attached hydrogens (tertiary/aromatic N) is 3. The molecule has 4 aliphatic rings. The van der Waals surface area contributed by atoms with Gasteiger partial charge in [0, 0.05) is 24.7 Å². The second kappa shape index (κ2) is 10.1. The summed E-state index contributed by atoms with van der Waals surface area (Å²) in [5, 5.41) is 14.4. The van der Waals surface area contributed by atoms with Gasteiger partial charge < -0.3 is 41.0 Å². The number of halogens is 1. The van der Waals surface area contributed by atoms with Gasteiger partial charge in [0.15, 0.2) is 12.6 Å². The molecule has 1 unspecified atom stereocenters. The predicted octanol–water partition coefficient (Wildman–Crippen LogP) is -0.758. The fraction of sp³-hybridized carbons (Fsp3) is 0.583. The Morgan fingerprint density at radius 1 is 1.18 bits per heavy atom. The van der Waals surface area contributed by atoms with Crippen molar-refractivity contribution in [1.29, 1.82) is 0 Å². The molecule has 2 bridgehead atoms. The quantitative estimate of drug-likeness (QED) is 0.354. The van der Waals surface area contributed by atoms with Crippen LogP contribution < -0.4 is 22.3 Å². The van der Waals surface area contributed by atoms with Crippen molar-refractivity contribution in [3.63, 3.8) is 0 Å². The third-order valence-electron chi connectivity index (χ3n) is 7.78. The summed E-state index contributed by atoms with van der Waals surface area (Å²) in [6.07, 6.45) is 11.0. The van der Waals surface area contributed by atoms with Crippen molar-refractivity contribution < 1.29 is 45.3 Å². The molecule has 5 heterocycles. The van der Waals surface area contributed by atoms with Crippen molar-refractivity contribution in [1.82, 2.24) is 9.97 Å². The van der Waals surface area contributed by atoms with Gasteiger partial charge in [0.25, 0.3) is 5.91 Å². The number of hydrogen-bond acceptors (Lipinski definition) is 7. The van der Waals surface area contributed by atoms with E-state index in [9.17, 15) is 14.7 Å². The summed E-state index contributed by atoms with van der Waals surface area (Å²) in [4.78, 5) is 34.0. The number of hydrogen-bond donors (Lipinski definition) is 2. The molecule has 3 aliphatic heterocycles. The Hall–Kier alpha value is -2.30. The molecule has 2 N–H and O–H groups in total. The van der Waals surface area contributed by atoms with E-state index >= 15 is 0 Å². The highest BCUT2D eigenvalue weighted by Gasteiger charge is 2.54. The molecule has 0 radical (unpaired) electrons. The normalized spacial score (nSPS) is 28.0. The number of fused-ring (bicyclic) bond motifs is 3. The summed E-state index contributed by atoms with van der Waals surface area (Å²) in [5.74, 6) is -0.419. The van der Waals surface area contributed by atoms with E-state index in [0.29, 0.717) is 23.3 Å². The van der Waals surface area contributed by atoms with Crippen molar-refractivity contribution in [2.24, 2.45) is 11.8 Å². The molecule has 10 heteroatoms. The van der Waals surface area contributed by atoms with Crippen LogP contribution in [-0.2, 0) is 19.9 Å². The van der Waals surface area contributed by atoms with Crippen molar-refractivity contribution in [2.45, 2.75) is 50.2 Å². The number of carbonyl (C=O) groups is 2. The molecule has 6 rings (SSSR count). The van der Waals surface area contributed by atoms with Crippen LogP contribution in [-0.4, -0.2) is 63.7 Å². The van der Waals surface area contributed by atoms with E-state index in [-0.39, 0.29) is 46.6 Å². The first kappa shape index (κ1) is 24.8. The van der Waals surface area contributed by atoms with Gasteiger partial charge in [0.2, 0.25) is 5.60 Å². The Kier molecular flexibility index (Phi) is 7.39.